The number of carbonyl (C=O) groups excluding carboxylic acids is 2. The van der Waals surface area contributed by atoms with E-state index in [9.17, 15) is 9.59 Å². The molecule has 0 saturated carbocycles. The van der Waals surface area contributed by atoms with Crippen LogP contribution in [0, 0.1) is 5.41 Å². The summed E-state index contributed by atoms with van der Waals surface area (Å²) < 4.78 is 5.50. The van der Waals surface area contributed by atoms with Crippen molar-refractivity contribution in [3.8, 4) is 5.75 Å². The molecule has 2 aliphatic heterocycles. The van der Waals surface area contributed by atoms with Crippen molar-refractivity contribution in [1.82, 2.24) is 9.80 Å². The highest BCUT2D eigenvalue weighted by molar-refractivity contribution is 5.82. The van der Waals surface area contributed by atoms with E-state index in [4.69, 9.17) is 4.74 Å². The quantitative estimate of drug-likeness (QED) is 0.832. The molecule has 0 bridgehead atoms. The van der Waals surface area contributed by atoms with Crippen LogP contribution in [0.1, 0.15) is 31.9 Å². The van der Waals surface area contributed by atoms with Gasteiger partial charge in [-0.05, 0) is 17.2 Å². The van der Waals surface area contributed by atoms with Crippen LogP contribution in [0.2, 0.25) is 0 Å². The zero-order chi connectivity index (χ0) is 17.3. The zero-order valence-electron chi connectivity index (χ0n) is 14.8. The van der Waals surface area contributed by atoms with Crippen LogP contribution in [0.15, 0.2) is 18.2 Å². The van der Waals surface area contributed by atoms with Crippen molar-refractivity contribution < 1.29 is 14.3 Å². The van der Waals surface area contributed by atoms with Crippen molar-refractivity contribution >= 4 is 11.8 Å². The van der Waals surface area contributed by atoms with Crippen molar-refractivity contribution in [2.75, 3.05) is 32.8 Å². The molecule has 130 valence electrons. The number of hydrogen-bond donors (Lipinski definition) is 0. The highest BCUT2D eigenvalue weighted by atomic mass is 16.5. The van der Waals surface area contributed by atoms with E-state index < -0.39 is 0 Å². The maximum atomic E-state index is 12.5. The van der Waals surface area contributed by atoms with Gasteiger partial charge in [-0.2, -0.15) is 0 Å². The minimum Gasteiger partial charge on any atom is -0.493 e. The third kappa shape index (κ3) is 3.55. The summed E-state index contributed by atoms with van der Waals surface area (Å²) in [6.07, 6.45) is 1.34. The molecule has 0 radical (unpaired) electrons. The van der Waals surface area contributed by atoms with Crippen molar-refractivity contribution in [3.63, 3.8) is 0 Å². The number of rotatable bonds is 2. The molecule has 0 unspecified atom stereocenters. The summed E-state index contributed by atoms with van der Waals surface area (Å²) in [6, 6.07) is 6.02. The van der Waals surface area contributed by atoms with E-state index in [0.717, 1.165) is 24.3 Å². The number of ether oxygens (including phenoxy) is 1. The fraction of sp³-hybridized carbons (Fsp3) is 0.579. The van der Waals surface area contributed by atoms with Gasteiger partial charge in [-0.25, -0.2) is 0 Å². The molecule has 0 spiro atoms. The Balaban J connectivity index is 1.55. The molecule has 2 amide bonds. The highest BCUT2D eigenvalue weighted by Gasteiger charge is 2.30. The standard InChI is InChI=1S/C19H26N2O3/c1-19(2,3)18(23)21-9-7-20(8-10-21)17(22)13-14-4-5-16-15(12-14)6-11-24-16/h4-5,12H,6-11,13H2,1-3H3. The van der Waals surface area contributed by atoms with Crippen LogP contribution in [-0.2, 0) is 22.4 Å². The first-order valence-corrected chi connectivity index (χ1v) is 8.66. The maximum Gasteiger partial charge on any atom is 0.228 e. The molecular weight excluding hydrogens is 304 g/mol. The lowest BCUT2D eigenvalue weighted by Gasteiger charge is -2.37. The predicted molar refractivity (Wildman–Crippen MR) is 92.0 cm³/mol. The molecular formula is C19H26N2O3. The minimum absolute atomic E-state index is 0.136. The Hall–Kier alpha value is -2.04. The summed E-state index contributed by atoms with van der Waals surface area (Å²) in [4.78, 5) is 28.6. The Kier molecular flexibility index (Phi) is 4.52. The van der Waals surface area contributed by atoms with Crippen LogP contribution in [0.4, 0.5) is 0 Å². The Morgan fingerprint density at radius 3 is 2.42 bits per heavy atom. The van der Waals surface area contributed by atoms with Crippen LogP contribution in [-0.4, -0.2) is 54.4 Å². The van der Waals surface area contributed by atoms with Crippen LogP contribution in [0.5, 0.6) is 5.75 Å². The fourth-order valence-corrected chi connectivity index (χ4v) is 3.27. The third-order valence-electron chi connectivity index (χ3n) is 4.67. The first-order chi connectivity index (χ1) is 11.3. The smallest absolute Gasteiger partial charge is 0.228 e. The van der Waals surface area contributed by atoms with E-state index in [2.05, 4.69) is 6.07 Å². The van der Waals surface area contributed by atoms with E-state index in [1.165, 1.54) is 5.56 Å². The van der Waals surface area contributed by atoms with Crippen molar-refractivity contribution in [1.29, 1.82) is 0 Å². The number of benzene rings is 1. The largest absolute Gasteiger partial charge is 0.493 e. The fourth-order valence-electron chi connectivity index (χ4n) is 3.27. The second-order valence-electron chi connectivity index (χ2n) is 7.64. The molecule has 24 heavy (non-hydrogen) atoms. The van der Waals surface area contributed by atoms with Crippen LogP contribution >= 0.6 is 0 Å². The molecule has 0 aromatic heterocycles. The topological polar surface area (TPSA) is 49.9 Å². The summed E-state index contributed by atoms with van der Waals surface area (Å²) in [7, 11) is 0. The van der Waals surface area contributed by atoms with E-state index in [0.29, 0.717) is 32.6 Å². The van der Waals surface area contributed by atoms with Gasteiger partial charge in [0.15, 0.2) is 0 Å². The number of nitrogens with zero attached hydrogens (tertiary/aromatic N) is 2. The first-order valence-electron chi connectivity index (χ1n) is 8.66. The summed E-state index contributed by atoms with van der Waals surface area (Å²) in [5.41, 5.74) is 1.87. The van der Waals surface area contributed by atoms with Gasteiger partial charge in [0.05, 0.1) is 13.0 Å². The average Bonchev–Trinajstić information content (AvgIpc) is 3.01. The molecule has 3 rings (SSSR count). The lowest BCUT2D eigenvalue weighted by molar-refractivity contribution is -0.144. The summed E-state index contributed by atoms with van der Waals surface area (Å²) in [5, 5.41) is 0. The number of fused-ring (bicyclic) bond motifs is 1. The summed E-state index contributed by atoms with van der Waals surface area (Å²) in [6.45, 7) is 9.03. The Morgan fingerprint density at radius 1 is 1.08 bits per heavy atom. The number of carbonyl (C=O) groups is 2. The monoisotopic (exact) mass is 330 g/mol. The van der Waals surface area contributed by atoms with Gasteiger partial charge in [-0.15, -0.1) is 0 Å². The highest BCUT2D eigenvalue weighted by Crippen LogP contribution is 2.26. The lowest BCUT2D eigenvalue weighted by Crippen LogP contribution is -2.53. The van der Waals surface area contributed by atoms with Gasteiger partial charge in [0.2, 0.25) is 11.8 Å². The van der Waals surface area contributed by atoms with Crippen molar-refractivity contribution in [3.05, 3.63) is 29.3 Å². The van der Waals surface area contributed by atoms with Gasteiger partial charge in [0.1, 0.15) is 5.75 Å². The van der Waals surface area contributed by atoms with E-state index in [1.807, 2.05) is 42.7 Å². The SMILES string of the molecule is CC(C)(C)C(=O)N1CCN(C(=O)Cc2ccc3c(c2)CCO3)CC1. The summed E-state index contributed by atoms with van der Waals surface area (Å²) >= 11 is 0. The Bertz CT molecular complexity index is 641. The number of amides is 2. The van der Waals surface area contributed by atoms with E-state index in [1.54, 1.807) is 0 Å². The Morgan fingerprint density at radius 2 is 1.75 bits per heavy atom. The molecule has 1 fully saturated rings. The number of piperazine rings is 1. The van der Waals surface area contributed by atoms with Crippen LogP contribution in [0.3, 0.4) is 0 Å². The molecule has 2 aliphatic rings. The van der Waals surface area contributed by atoms with Gasteiger partial charge in [-0.3, -0.25) is 9.59 Å². The predicted octanol–water partition coefficient (Wildman–Crippen LogP) is 1.88. The van der Waals surface area contributed by atoms with Crippen LogP contribution < -0.4 is 4.74 Å². The molecule has 5 nitrogen and oxygen atoms in total. The average molecular weight is 330 g/mol. The zero-order valence-corrected chi connectivity index (χ0v) is 14.8. The van der Waals surface area contributed by atoms with Gasteiger partial charge >= 0.3 is 0 Å². The number of hydrogen-bond acceptors (Lipinski definition) is 3. The first kappa shape index (κ1) is 16.8. The molecule has 0 N–H and O–H groups in total. The molecule has 2 heterocycles. The van der Waals surface area contributed by atoms with Gasteiger partial charge in [0, 0.05) is 38.0 Å². The Labute approximate surface area is 143 Å². The van der Waals surface area contributed by atoms with Crippen molar-refractivity contribution in [2.45, 2.75) is 33.6 Å². The minimum atomic E-state index is -0.362. The molecule has 1 aromatic carbocycles. The molecule has 1 aromatic rings. The molecule has 5 heteroatoms. The molecule has 0 aliphatic carbocycles. The lowest BCUT2D eigenvalue weighted by atomic mass is 9.94. The second-order valence-corrected chi connectivity index (χ2v) is 7.64. The molecule has 0 atom stereocenters. The van der Waals surface area contributed by atoms with Crippen LogP contribution in [0.25, 0.3) is 0 Å². The maximum absolute atomic E-state index is 12.5. The summed E-state index contributed by atoms with van der Waals surface area (Å²) in [5.74, 6) is 1.24. The van der Waals surface area contributed by atoms with E-state index in [-0.39, 0.29) is 17.2 Å². The third-order valence-corrected chi connectivity index (χ3v) is 4.67. The van der Waals surface area contributed by atoms with Gasteiger partial charge in [0.25, 0.3) is 0 Å². The molecule has 1 saturated heterocycles. The van der Waals surface area contributed by atoms with Gasteiger partial charge < -0.3 is 14.5 Å². The van der Waals surface area contributed by atoms with E-state index >= 15 is 0 Å². The normalized spacial score (nSPS) is 17.5. The second kappa shape index (κ2) is 6.46. The van der Waals surface area contributed by atoms with Crippen molar-refractivity contribution in [2.24, 2.45) is 5.41 Å². The van der Waals surface area contributed by atoms with Gasteiger partial charge in [-0.1, -0.05) is 32.9 Å².